The van der Waals surface area contributed by atoms with Crippen molar-refractivity contribution in [1.82, 2.24) is 0 Å². The van der Waals surface area contributed by atoms with Crippen molar-refractivity contribution in [2.45, 2.75) is 5.75 Å². The highest BCUT2D eigenvalue weighted by molar-refractivity contribution is 7.97. The normalized spacial score (nSPS) is 10.8. The highest BCUT2D eigenvalue weighted by atomic mass is 35.5. The van der Waals surface area contributed by atoms with E-state index in [1.54, 1.807) is 65.2 Å². The van der Waals surface area contributed by atoms with Gasteiger partial charge in [0.2, 0.25) is 0 Å². The third-order valence-corrected chi connectivity index (χ3v) is 6.41. The van der Waals surface area contributed by atoms with Gasteiger partial charge in [0.1, 0.15) is 4.88 Å². The molecule has 2 nitrogen and oxygen atoms in total. The second-order valence-corrected chi connectivity index (χ2v) is 8.70. The van der Waals surface area contributed by atoms with E-state index in [-0.39, 0.29) is 5.91 Å². The van der Waals surface area contributed by atoms with Crippen LogP contribution in [-0.2, 0) is 5.75 Å². The van der Waals surface area contributed by atoms with Crippen molar-refractivity contribution >= 4 is 75.2 Å². The molecule has 0 aliphatic carbocycles. The molecule has 3 rings (SSSR count). The fourth-order valence-electron chi connectivity index (χ4n) is 2.44. The van der Waals surface area contributed by atoms with Gasteiger partial charge in [-0.05, 0) is 60.9 Å². The van der Waals surface area contributed by atoms with Gasteiger partial charge >= 0.3 is 0 Å². The summed E-state index contributed by atoms with van der Waals surface area (Å²) >= 11 is 21.5. The molecule has 1 heterocycles. The molecule has 0 aliphatic rings. The smallest absolute Gasteiger partial charge is 0.274 e. The maximum absolute atomic E-state index is 13.3. The van der Waals surface area contributed by atoms with E-state index in [1.807, 2.05) is 12.3 Å². The minimum atomic E-state index is -0.183. The lowest BCUT2D eigenvalue weighted by Crippen LogP contribution is -2.25. The molecular weight excluding hydrogens is 429 g/mol. The highest BCUT2D eigenvalue weighted by Gasteiger charge is 2.24. The largest absolute Gasteiger partial charge is 0.276 e. The van der Waals surface area contributed by atoms with Crippen LogP contribution < -0.4 is 4.90 Å². The number of carbonyl (C=O) groups is 1. The van der Waals surface area contributed by atoms with Crippen LogP contribution in [0, 0.1) is 0 Å². The van der Waals surface area contributed by atoms with Gasteiger partial charge in [-0.25, -0.2) is 0 Å². The second-order valence-electron chi connectivity index (χ2n) is 5.42. The number of nitrogens with zero attached hydrogens (tertiary/aromatic N) is 1. The summed E-state index contributed by atoms with van der Waals surface area (Å²) in [7, 11) is 0. The van der Waals surface area contributed by atoms with Crippen molar-refractivity contribution < 1.29 is 4.79 Å². The van der Waals surface area contributed by atoms with Crippen LogP contribution in [0.3, 0.4) is 0 Å². The predicted octanol–water partition coefficient (Wildman–Crippen LogP) is 7.55. The van der Waals surface area contributed by atoms with E-state index in [1.165, 1.54) is 11.3 Å². The lowest BCUT2D eigenvalue weighted by atomic mass is 10.2. The van der Waals surface area contributed by atoms with E-state index >= 15 is 0 Å². The molecular formula is C19H14Cl3NOS2. The van der Waals surface area contributed by atoms with Crippen LogP contribution in [0.4, 0.5) is 11.4 Å². The van der Waals surface area contributed by atoms with Gasteiger partial charge in [-0.3, -0.25) is 9.69 Å². The first-order chi connectivity index (χ1) is 12.5. The summed E-state index contributed by atoms with van der Waals surface area (Å²) in [6.07, 6.45) is 2.02. The molecule has 0 aliphatic heterocycles. The van der Waals surface area contributed by atoms with Gasteiger partial charge < -0.3 is 0 Å². The lowest BCUT2D eigenvalue weighted by Gasteiger charge is -2.23. The van der Waals surface area contributed by atoms with Crippen LogP contribution in [0.15, 0.2) is 54.6 Å². The van der Waals surface area contributed by atoms with Crippen LogP contribution >= 0.6 is 57.9 Å². The molecule has 0 bridgehead atoms. The summed E-state index contributed by atoms with van der Waals surface area (Å²) in [4.78, 5) is 16.5. The zero-order valence-electron chi connectivity index (χ0n) is 13.7. The first-order valence-electron chi connectivity index (χ1n) is 7.62. The Hall–Kier alpha value is -1.17. The molecule has 134 valence electrons. The molecule has 3 aromatic rings. The van der Waals surface area contributed by atoms with E-state index in [4.69, 9.17) is 34.8 Å². The van der Waals surface area contributed by atoms with Gasteiger partial charge in [0.05, 0.1) is 5.02 Å². The molecule has 0 saturated carbocycles. The van der Waals surface area contributed by atoms with Gasteiger partial charge in [-0.15, -0.1) is 11.3 Å². The topological polar surface area (TPSA) is 20.3 Å². The number of thiophene rings is 1. The van der Waals surface area contributed by atoms with Crippen LogP contribution in [0.5, 0.6) is 0 Å². The molecule has 0 saturated heterocycles. The standard InChI is InChI=1S/C19H14Cl3NOS2/c1-25-11-16-10-17(22)18(26-16)19(24)23(14-6-2-12(20)3-7-14)15-8-4-13(21)5-9-15/h2-10H,11H2,1H3. The molecule has 1 aromatic heterocycles. The number of benzene rings is 2. The monoisotopic (exact) mass is 441 g/mol. The minimum absolute atomic E-state index is 0.183. The third-order valence-electron chi connectivity index (χ3n) is 3.59. The Bertz CT molecular complexity index is 862. The molecule has 1 amide bonds. The van der Waals surface area contributed by atoms with Crippen molar-refractivity contribution in [3.05, 3.63) is 79.4 Å². The summed E-state index contributed by atoms with van der Waals surface area (Å²) in [5, 5.41) is 1.68. The van der Waals surface area contributed by atoms with E-state index in [9.17, 15) is 4.79 Å². The molecule has 0 radical (unpaired) electrons. The maximum Gasteiger partial charge on any atom is 0.274 e. The first kappa shape index (κ1) is 19.6. The Morgan fingerprint density at radius 1 is 0.962 bits per heavy atom. The van der Waals surface area contributed by atoms with E-state index in [0.717, 1.165) is 10.6 Å². The van der Waals surface area contributed by atoms with Crippen LogP contribution in [0.1, 0.15) is 14.5 Å². The Kier molecular flexibility index (Phi) is 6.54. The number of hydrogen-bond acceptors (Lipinski definition) is 3. The molecule has 0 spiro atoms. The molecule has 0 fully saturated rings. The van der Waals surface area contributed by atoms with Crippen molar-refractivity contribution in [3.8, 4) is 0 Å². The van der Waals surface area contributed by atoms with Crippen LogP contribution in [0.25, 0.3) is 0 Å². The Morgan fingerprint density at radius 3 is 1.92 bits per heavy atom. The van der Waals surface area contributed by atoms with Gasteiger partial charge in [-0.1, -0.05) is 34.8 Å². The molecule has 26 heavy (non-hydrogen) atoms. The van der Waals surface area contributed by atoms with Gasteiger partial charge in [0.15, 0.2) is 0 Å². The molecule has 2 aromatic carbocycles. The predicted molar refractivity (Wildman–Crippen MR) is 116 cm³/mol. The summed E-state index contributed by atoms with van der Waals surface area (Å²) in [6.45, 7) is 0. The van der Waals surface area contributed by atoms with Crippen LogP contribution in [0.2, 0.25) is 15.1 Å². The molecule has 0 atom stereocenters. The molecule has 7 heteroatoms. The Labute approximate surface area is 175 Å². The number of anilines is 2. The van der Waals surface area contributed by atoms with Gasteiger partial charge in [-0.2, -0.15) is 11.8 Å². The quantitative estimate of drug-likeness (QED) is 0.406. The Balaban J connectivity index is 2.06. The third kappa shape index (κ3) is 4.38. The zero-order chi connectivity index (χ0) is 18.7. The average molecular weight is 443 g/mol. The fraction of sp³-hybridized carbons (Fsp3) is 0.105. The van der Waals surface area contributed by atoms with Crippen molar-refractivity contribution in [2.24, 2.45) is 0 Å². The maximum atomic E-state index is 13.3. The average Bonchev–Trinajstić information content (AvgIpc) is 2.99. The second kappa shape index (κ2) is 8.68. The summed E-state index contributed by atoms with van der Waals surface area (Å²) in [5.41, 5.74) is 1.41. The van der Waals surface area contributed by atoms with E-state index in [2.05, 4.69) is 0 Å². The van der Waals surface area contributed by atoms with Crippen molar-refractivity contribution in [1.29, 1.82) is 0 Å². The van der Waals surface area contributed by atoms with Gasteiger partial charge in [0, 0.05) is 32.1 Å². The SMILES string of the molecule is CSCc1cc(Cl)c(C(=O)N(c2ccc(Cl)cc2)c2ccc(Cl)cc2)s1. The van der Waals surface area contributed by atoms with E-state index < -0.39 is 0 Å². The Morgan fingerprint density at radius 2 is 1.46 bits per heavy atom. The van der Waals surface area contributed by atoms with Crippen molar-refractivity contribution in [3.63, 3.8) is 0 Å². The highest BCUT2D eigenvalue weighted by Crippen LogP contribution is 2.35. The summed E-state index contributed by atoms with van der Waals surface area (Å²) < 4.78 is 0. The zero-order valence-corrected chi connectivity index (χ0v) is 17.6. The minimum Gasteiger partial charge on any atom is -0.276 e. The van der Waals surface area contributed by atoms with Crippen LogP contribution in [-0.4, -0.2) is 12.2 Å². The number of amides is 1. The fourth-order valence-corrected chi connectivity index (χ4v) is 4.82. The number of thioether (sulfide) groups is 1. The van der Waals surface area contributed by atoms with Gasteiger partial charge in [0.25, 0.3) is 5.91 Å². The number of halogens is 3. The number of carbonyl (C=O) groups excluding carboxylic acids is 1. The summed E-state index contributed by atoms with van der Waals surface area (Å²) in [5.74, 6) is 0.636. The summed E-state index contributed by atoms with van der Waals surface area (Å²) in [6, 6.07) is 16.1. The van der Waals surface area contributed by atoms with Crippen molar-refractivity contribution in [2.75, 3.05) is 11.2 Å². The molecule has 0 unspecified atom stereocenters. The van der Waals surface area contributed by atoms with E-state index in [0.29, 0.717) is 31.3 Å². The molecule has 0 N–H and O–H groups in total. The lowest BCUT2D eigenvalue weighted by molar-refractivity contribution is 0.100. The first-order valence-corrected chi connectivity index (χ1v) is 11.0. The number of rotatable bonds is 5. The number of hydrogen-bond donors (Lipinski definition) is 0.